The molecule has 2 N–H and O–H groups in total. The zero-order chi connectivity index (χ0) is 32.8. The van der Waals surface area contributed by atoms with Gasteiger partial charge in [-0.05, 0) is 52.0 Å². The summed E-state index contributed by atoms with van der Waals surface area (Å²) in [6.07, 6.45) is -2.13. The van der Waals surface area contributed by atoms with Gasteiger partial charge in [0, 0.05) is 11.4 Å². The van der Waals surface area contributed by atoms with Gasteiger partial charge in [0.1, 0.15) is 16.3 Å². The standard InChI is InChI=1S/C25H34N5O13PS/c1-16(2)40-24(31)36-13-38-42-44(33,43-39-14-37-25(32)41-17(3)4)15-35-11-10-30-12-27-20-21(30)28-23(26)29-22(20)45-19-8-6-18(34-5)7-9-19/h6-9,12,16-17H,10-11,13-15H2,1-5H3,(H2,26,28,29). The van der Waals surface area contributed by atoms with Gasteiger partial charge in [0.25, 0.3) is 0 Å². The van der Waals surface area contributed by atoms with Crippen molar-refractivity contribution in [3.63, 3.8) is 0 Å². The predicted octanol–water partition coefficient (Wildman–Crippen LogP) is 4.67. The van der Waals surface area contributed by atoms with Crippen molar-refractivity contribution in [3.8, 4) is 5.75 Å². The van der Waals surface area contributed by atoms with Gasteiger partial charge in [0.05, 0.1) is 32.3 Å². The van der Waals surface area contributed by atoms with Crippen molar-refractivity contribution in [3.05, 3.63) is 30.6 Å². The van der Waals surface area contributed by atoms with Crippen LogP contribution in [-0.4, -0.2) is 77.7 Å². The summed E-state index contributed by atoms with van der Waals surface area (Å²) in [5, 5.41) is 0.543. The molecular weight excluding hydrogens is 641 g/mol. The maximum absolute atomic E-state index is 13.1. The Labute approximate surface area is 262 Å². The second-order valence-corrected chi connectivity index (χ2v) is 12.0. The lowest BCUT2D eigenvalue weighted by atomic mass is 10.3. The number of hydrogen-bond donors (Lipinski definition) is 1. The molecule has 0 bridgehead atoms. The number of aromatic nitrogens is 4. The first-order valence-corrected chi connectivity index (χ1v) is 15.8. The fourth-order valence-electron chi connectivity index (χ4n) is 3.12. The van der Waals surface area contributed by atoms with E-state index in [1.54, 1.807) is 39.4 Å². The van der Waals surface area contributed by atoms with E-state index in [1.165, 1.54) is 18.1 Å². The molecule has 0 saturated heterocycles. The Hall–Kier alpha value is -3.71. The van der Waals surface area contributed by atoms with Crippen molar-refractivity contribution in [1.29, 1.82) is 0 Å². The van der Waals surface area contributed by atoms with Gasteiger partial charge in [-0.2, -0.15) is 14.8 Å². The molecule has 0 amide bonds. The zero-order valence-corrected chi connectivity index (χ0v) is 26.8. The van der Waals surface area contributed by atoms with Gasteiger partial charge in [-0.1, -0.05) is 11.8 Å². The molecule has 0 radical (unpaired) electrons. The number of hydrogen-bond acceptors (Lipinski definition) is 18. The topological polar surface area (TPSA) is 213 Å². The second-order valence-electron chi connectivity index (χ2n) is 9.17. The number of nitrogen functional groups attached to an aromatic ring is 1. The van der Waals surface area contributed by atoms with Crippen LogP contribution in [0.2, 0.25) is 0 Å². The summed E-state index contributed by atoms with van der Waals surface area (Å²) in [6.45, 7) is 5.01. The number of fused-ring (bicyclic) bond motifs is 1. The van der Waals surface area contributed by atoms with Crippen LogP contribution in [0.25, 0.3) is 11.2 Å². The summed E-state index contributed by atoms with van der Waals surface area (Å²) in [5.41, 5.74) is 6.92. The molecule has 3 aromatic rings. The van der Waals surface area contributed by atoms with Crippen LogP contribution in [0, 0.1) is 0 Å². The minimum absolute atomic E-state index is 0.0402. The molecule has 248 valence electrons. The zero-order valence-electron chi connectivity index (χ0n) is 25.1. The SMILES string of the molecule is COc1ccc(Sc2nc(N)nc3c2ncn3CCOCP(=O)(OOCOC(=O)OC(C)C)OOCOC(=O)OC(C)C)cc1. The summed E-state index contributed by atoms with van der Waals surface area (Å²) in [4.78, 5) is 46.2. The summed E-state index contributed by atoms with van der Waals surface area (Å²) in [6, 6.07) is 7.40. The van der Waals surface area contributed by atoms with Crippen molar-refractivity contribution < 1.29 is 61.7 Å². The number of carbonyl (C=O) groups is 2. The van der Waals surface area contributed by atoms with Gasteiger partial charge in [-0.25, -0.2) is 19.6 Å². The average Bonchev–Trinajstić information content (AvgIpc) is 3.38. The monoisotopic (exact) mass is 675 g/mol. The van der Waals surface area contributed by atoms with Gasteiger partial charge in [0.2, 0.25) is 19.5 Å². The number of benzene rings is 1. The quantitative estimate of drug-likeness (QED) is 0.0369. The molecule has 18 nitrogen and oxygen atoms in total. The van der Waals surface area contributed by atoms with Crippen molar-refractivity contribution in [2.45, 2.75) is 56.4 Å². The third-order valence-electron chi connectivity index (χ3n) is 4.90. The lowest BCUT2D eigenvalue weighted by Gasteiger charge is -2.16. The summed E-state index contributed by atoms with van der Waals surface area (Å²) < 4.78 is 53.8. The van der Waals surface area contributed by atoms with Crippen LogP contribution in [0.4, 0.5) is 15.5 Å². The highest BCUT2D eigenvalue weighted by Gasteiger charge is 2.30. The van der Waals surface area contributed by atoms with Crippen LogP contribution in [-0.2, 0) is 53.9 Å². The van der Waals surface area contributed by atoms with E-state index in [2.05, 4.69) is 34.2 Å². The Bertz CT molecular complexity index is 1410. The number of ether oxygens (including phenoxy) is 6. The van der Waals surface area contributed by atoms with E-state index in [0.717, 1.165) is 4.90 Å². The molecule has 0 unspecified atom stereocenters. The third-order valence-corrected chi connectivity index (χ3v) is 7.04. The van der Waals surface area contributed by atoms with E-state index >= 15 is 0 Å². The summed E-state index contributed by atoms with van der Waals surface area (Å²) in [5.74, 6) is 0.759. The third kappa shape index (κ3) is 12.3. The number of imidazole rings is 1. The van der Waals surface area contributed by atoms with Gasteiger partial charge in [0.15, 0.2) is 12.0 Å². The molecule has 1 aromatic carbocycles. The van der Waals surface area contributed by atoms with Gasteiger partial charge in [-0.3, -0.25) is 4.57 Å². The molecule has 3 rings (SSSR count). The maximum atomic E-state index is 13.1. The van der Waals surface area contributed by atoms with Crippen LogP contribution in [0.15, 0.2) is 40.5 Å². The lowest BCUT2D eigenvalue weighted by molar-refractivity contribution is -0.308. The Morgan fingerprint density at radius 2 is 1.56 bits per heavy atom. The molecule has 45 heavy (non-hydrogen) atoms. The van der Waals surface area contributed by atoms with E-state index in [-0.39, 0.29) is 19.1 Å². The maximum Gasteiger partial charge on any atom is 0.510 e. The molecule has 0 spiro atoms. The fourth-order valence-corrected chi connectivity index (χ4v) is 4.87. The molecule has 0 fully saturated rings. The van der Waals surface area contributed by atoms with E-state index in [9.17, 15) is 14.2 Å². The van der Waals surface area contributed by atoms with Crippen LogP contribution >= 0.6 is 19.4 Å². The predicted molar refractivity (Wildman–Crippen MR) is 155 cm³/mol. The Morgan fingerprint density at radius 1 is 0.956 bits per heavy atom. The minimum atomic E-state index is -4.32. The molecule has 0 saturated carbocycles. The highest BCUT2D eigenvalue weighted by Crippen LogP contribution is 2.48. The highest BCUT2D eigenvalue weighted by atomic mass is 32.2. The first kappa shape index (κ1) is 35.8. The van der Waals surface area contributed by atoms with Gasteiger partial charge in [-0.15, -0.1) is 9.35 Å². The van der Waals surface area contributed by atoms with Crippen molar-refractivity contribution in [1.82, 2.24) is 19.5 Å². The minimum Gasteiger partial charge on any atom is -0.497 e. The first-order chi connectivity index (χ1) is 21.5. The Balaban J connectivity index is 1.57. The fraction of sp³-hybridized carbons (Fsp3) is 0.480. The molecule has 2 heterocycles. The molecule has 0 atom stereocenters. The molecular formula is C25H34N5O13PS. The molecule has 20 heteroatoms. The van der Waals surface area contributed by atoms with Crippen molar-refractivity contribution >= 4 is 48.8 Å². The highest BCUT2D eigenvalue weighted by molar-refractivity contribution is 7.99. The number of methoxy groups -OCH3 is 1. The number of nitrogens with two attached hydrogens (primary N) is 1. The molecule has 2 aromatic heterocycles. The number of anilines is 1. The van der Waals surface area contributed by atoms with E-state index in [0.29, 0.717) is 21.9 Å². The van der Waals surface area contributed by atoms with Crippen LogP contribution in [0.1, 0.15) is 27.7 Å². The van der Waals surface area contributed by atoms with Gasteiger partial charge < -0.3 is 38.7 Å². The van der Waals surface area contributed by atoms with Crippen molar-refractivity contribution in [2.24, 2.45) is 0 Å². The van der Waals surface area contributed by atoms with Gasteiger partial charge >= 0.3 is 19.9 Å². The Kier molecular flexibility index (Phi) is 14.1. The normalized spacial score (nSPS) is 11.6. The molecule has 0 aliphatic rings. The Morgan fingerprint density at radius 3 is 2.11 bits per heavy atom. The largest absolute Gasteiger partial charge is 0.510 e. The number of nitrogens with zero attached hydrogens (tertiary/aromatic N) is 4. The van der Waals surface area contributed by atoms with E-state index in [1.807, 2.05) is 24.3 Å². The first-order valence-electron chi connectivity index (χ1n) is 13.2. The second kappa shape index (κ2) is 17.7. The number of carbonyl (C=O) groups excluding carboxylic acids is 2. The van der Waals surface area contributed by atoms with E-state index < -0.39 is 52.0 Å². The molecule has 0 aliphatic carbocycles. The average molecular weight is 676 g/mol. The van der Waals surface area contributed by atoms with Crippen LogP contribution in [0.5, 0.6) is 5.75 Å². The lowest BCUT2D eigenvalue weighted by Crippen LogP contribution is -2.16. The summed E-state index contributed by atoms with van der Waals surface area (Å²) in [7, 11) is -2.74. The van der Waals surface area contributed by atoms with Crippen LogP contribution in [0.3, 0.4) is 0 Å². The van der Waals surface area contributed by atoms with E-state index in [4.69, 9.17) is 34.0 Å². The van der Waals surface area contributed by atoms with Crippen molar-refractivity contribution in [2.75, 3.05) is 39.4 Å². The molecule has 0 aliphatic heterocycles. The smallest absolute Gasteiger partial charge is 0.497 e. The number of rotatable bonds is 18. The van der Waals surface area contributed by atoms with Crippen LogP contribution < -0.4 is 10.5 Å². The summed E-state index contributed by atoms with van der Waals surface area (Å²) >= 11 is 1.35.